The monoisotopic (exact) mass is 206 g/mol. The van der Waals surface area contributed by atoms with Gasteiger partial charge in [-0.25, -0.2) is 4.79 Å². The number of carboxylic acids is 1. The maximum atomic E-state index is 10.9. The van der Waals surface area contributed by atoms with Crippen LogP contribution in [0.4, 0.5) is 0 Å². The fourth-order valence-electron chi connectivity index (χ4n) is 1.48. The molecule has 0 fully saturated rings. The van der Waals surface area contributed by atoms with Crippen LogP contribution in [-0.2, 0) is 16.0 Å². The van der Waals surface area contributed by atoms with E-state index in [2.05, 4.69) is 0 Å². The summed E-state index contributed by atoms with van der Waals surface area (Å²) in [6.45, 7) is 3.97. The van der Waals surface area contributed by atoms with Gasteiger partial charge in [-0.05, 0) is 31.4 Å². The Morgan fingerprint density at radius 1 is 1.27 bits per heavy atom. The standard InChI is InChI=1S/C12H14O3/c1-8-3-4-10(9(2)7-8)5-6-11(13)12(14)15/h3-4,7H,5-6H2,1-2H3,(H,14,15). The van der Waals surface area contributed by atoms with Crippen LogP contribution in [-0.4, -0.2) is 16.9 Å². The van der Waals surface area contributed by atoms with E-state index >= 15 is 0 Å². The average Bonchev–Trinajstić information content (AvgIpc) is 2.15. The van der Waals surface area contributed by atoms with E-state index in [1.54, 1.807) is 0 Å². The number of benzene rings is 1. The number of ketones is 1. The molecule has 0 saturated carbocycles. The Morgan fingerprint density at radius 2 is 1.93 bits per heavy atom. The Bertz CT molecular complexity index is 394. The summed E-state index contributed by atoms with van der Waals surface area (Å²) in [5.41, 5.74) is 3.31. The molecule has 3 nitrogen and oxygen atoms in total. The smallest absolute Gasteiger partial charge is 0.372 e. The quantitative estimate of drug-likeness (QED) is 0.765. The van der Waals surface area contributed by atoms with Crippen LogP contribution < -0.4 is 0 Å². The van der Waals surface area contributed by atoms with Crippen molar-refractivity contribution in [3.05, 3.63) is 34.9 Å². The molecule has 0 heterocycles. The molecule has 0 radical (unpaired) electrons. The molecule has 0 bridgehead atoms. The number of carbonyl (C=O) groups is 2. The number of carboxylic acid groups (broad SMARTS) is 1. The third-order valence-electron chi connectivity index (χ3n) is 2.36. The zero-order valence-corrected chi connectivity index (χ0v) is 8.91. The highest BCUT2D eigenvalue weighted by molar-refractivity contribution is 6.32. The summed E-state index contributed by atoms with van der Waals surface area (Å²) >= 11 is 0. The molecule has 1 aromatic carbocycles. The average molecular weight is 206 g/mol. The van der Waals surface area contributed by atoms with Crippen molar-refractivity contribution < 1.29 is 14.7 Å². The molecule has 0 saturated heterocycles. The van der Waals surface area contributed by atoms with Crippen LogP contribution >= 0.6 is 0 Å². The Balaban J connectivity index is 2.66. The molecular weight excluding hydrogens is 192 g/mol. The van der Waals surface area contributed by atoms with E-state index in [-0.39, 0.29) is 6.42 Å². The molecule has 0 atom stereocenters. The number of aryl methyl sites for hydroxylation is 3. The van der Waals surface area contributed by atoms with Crippen molar-refractivity contribution >= 4 is 11.8 Å². The van der Waals surface area contributed by atoms with Gasteiger partial charge in [0.25, 0.3) is 0 Å². The zero-order valence-electron chi connectivity index (χ0n) is 8.91. The van der Waals surface area contributed by atoms with Gasteiger partial charge in [-0.1, -0.05) is 23.8 Å². The van der Waals surface area contributed by atoms with E-state index in [0.717, 1.165) is 11.1 Å². The van der Waals surface area contributed by atoms with E-state index in [1.807, 2.05) is 32.0 Å². The summed E-state index contributed by atoms with van der Waals surface area (Å²) < 4.78 is 0. The van der Waals surface area contributed by atoms with Gasteiger partial charge in [-0.3, -0.25) is 4.79 Å². The third kappa shape index (κ3) is 3.20. The van der Waals surface area contributed by atoms with Crippen molar-refractivity contribution in [3.63, 3.8) is 0 Å². The molecule has 1 aromatic rings. The highest BCUT2D eigenvalue weighted by Gasteiger charge is 2.11. The molecule has 0 spiro atoms. The molecule has 0 unspecified atom stereocenters. The van der Waals surface area contributed by atoms with Gasteiger partial charge in [0.2, 0.25) is 5.78 Å². The van der Waals surface area contributed by atoms with Crippen molar-refractivity contribution in [3.8, 4) is 0 Å². The second-order valence-corrected chi connectivity index (χ2v) is 3.66. The largest absolute Gasteiger partial charge is 0.476 e. The highest BCUT2D eigenvalue weighted by atomic mass is 16.4. The SMILES string of the molecule is Cc1ccc(CCC(=O)C(=O)O)c(C)c1. The Labute approximate surface area is 88.7 Å². The van der Waals surface area contributed by atoms with Crippen molar-refractivity contribution in [2.24, 2.45) is 0 Å². The highest BCUT2D eigenvalue weighted by Crippen LogP contribution is 2.12. The third-order valence-corrected chi connectivity index (χ3v) is 2.36. The van der Waals surface area contributed by atoms with Crippen molar-refractivity contribution in [1.82, 2.24) is 0 Å². The first-order valence-electron chi connectivity index (χ1n) is 4.83. The molecule has 1 rings (SSSR count). The summed E-state index contributed by atoms with van der Waals surface area (Å²) in [7, 11) is 0. The molecule has 0 amide bonds. The second kappa shape index (κ2) is 4.73. The van der Waals surface area contributed by atoms with E-state index in [4.69, 9.17) is 5.11 Å². The summed E-state index contributed by atoms with van der Waals surface area (Å²) in [6, 6.07) is 5.94. The van der Waals surface area contributed by atoms with E-state index in [1.165, 1.54) is 5.56 Å². The molecule has 0 aliphatic carbocycles. The lowest BCUT2D eigenvalue weighted by Gasteiger charge is -2.05. The molecule has 0 aromatic heterocycles. The fraction of sp³-hybridized carbons (Fsp3) is 0.333. The second-order valence-electron chi connectivity index (χ2n) is 3.66. The molecule has 3 heteroatoms. The lowest BCUT2D eigenvalue weighted by Crippen LogP contribution is -2.13. The number of rotatable bonds is 4. The van der Waals surface area contributed by atoms with Gasteiger partial charge in [-0.15, -0.1) is 0 Å². The molecule has 0 aliphatic heterocycles. The Kier molecular flexibility index (Phi) is 3.61. The predicted octanol–water partition coefficient (Wildman–Crippen LogP) is 1.89. The van der Waals surface area contributed by atoms with E-state index in [0.29, 0.717) is 6.42 Å². The van der Waals surface area contributed by atoms with Crippen LogP contribution in [0.1, 0.15) is 23.1 Å². The zero-order chi connectivity index (χ0) is 11.4. The summed E-state index contributed by atoms with van der Waals surface area (Å²) in [5, 5.41) is 8.42. The van der Waals surface area contributed by atoms with Gasteiger partial charge in [0, 0.05) is 6.42 Å². The minimum absolute atomic E-state index is 0.0687. The Morgan fingerprint density at radius 3 is 2.47 bits per heavy atom. The van der Waals surface area contributed by atoms with Gasteiger partial charge in [0.15, 0.2) is 0 Å². The molecule has 0 aliphatic rings. The number of carbonyl (C=O) groups excluding carboxylic acids is 1. The first-order chi connectivity index (χ1) is 7.00. The number of hydrogen-bond acceptors (Lipinski definition) is 2. The lowest BCUT2D eigenvalue weighted by molar-refractivity contribution is -0.149. The van der Waals surface area contributed by atoms with Crippen LogP contribution in [0.25, 0.3) is 0 Å². The molecule has 15 heavy (non-hydrogen) atoms. The maximum Gasteiger partial charge on any atom is 0.372 e. The summed E-state index contributed by atoms with van der Waals surface area (Å²) in [5.74, 6) is -2.07. The normalized spacial score (nSPS) is 10.0. The topological polar surface area (TPSA) is 54.4 Å². The van der Waals surface area contributed by atoms with Crippen molar-refractivity contribution in [1.29, 1.82) is 0 Å². The van der Waals surface area contributed by atoms with E-state index in [9.17, 15) is 9.59 Å². The van der Waals surface area contributed by atoms with Gasteiger partial charge < -0.3 is 5.11 Å². The van der Waals surface area contributed by atoms with Crippen molar-refractivity contribution in [2.45, 2.75) is 26.7 Å². The first kappa shape index (κ1) is 11.4. The summed E-state index contributed by atoms with van der Waals surface area (Å²) in [4.78, 5) is 21.2. The summed E-state index contributed by atoms with van der Waals surface area (Å²) in [6.07, 6.45) is 0.566. The fourth-order valence-corrected chi connectivity index (χ4v) is 1.48. The van der Waals surface area contributed by atoms with Crippen LogP contribution in [0.3, 0.4) is 0 Å². The minimum Gasteiger partial charge on any atom is -0.476 e. The van der Waals surface area contributed by atoms with Crippen LogP contribution in [0, 0.1) is 13.8 Å². The number of hydrogen-bond donors (Lipinski definition) is 1. The molecule has 80 valence electrons. The molecular formula is C12H14O3. The van der Waals surface area contributed by atoms with Gasteiger partial charge in [0.05, 0.1) is 0 Å². The molecule has 1 N–H and O–H groups in total. The predicted molar refractivity (Wildman–Crippen MR) is 56.9 cm³/mol. The number of Topliss-reactive ketones (excluding diaryl/α,β-unsaturated/α-hetero) is 1. The first-order valence-corrected chi connectivity index (χ1v) is 4.83. The van der Waals surface area contributed by atoms with Crippen LogP contribution in [0.15, 0.2) is 18.2 Å². The van der Waals surface area contributed by atoms with Gasteiger partial charge in [-0.2, -0.15) is 0 Å². The minimum atomic E-state index is -1.35. The van der Waals surface area contributed by atoms with Gasteiger partial charge >= 0.3 is 5.97 Å². The maximum absolute atomic E-state index is 10.9. The van der Waals surface area contributed by atoms with Gasteiger partial charge in [0.1, 0.15) is 0 Å². The Hall–Kier alpha value is -1.64. The van der Waals surface area contributed by atoms with Crippen LogP contribution in [0.2, 0.25) is 0 Å². The number of aliphatic carboxylic acids is 1. The lowest BCUT2D eigenvalue weighted by atomic mass is 10.0. The van der Waals surface area contributed by atoms with Crippen LogP contribution in [0.5, 0.6) is 0 Å². The van der Waals surface area contributed by atoms with Crippen molar-refractivity contribution in [2.75, 3.05) is 0 Å². The van der Waals surface area contributed by atoms with E-state index < -0.39 is 11.8 Å².